The van der Waals surface area contributed by atoms with E-state index in [9.17, 15) is 5.11 Å². The summed E-state index contributed by atoms with van der Waals surface area (Å²) in [6.07, 6.45) is 9.12. The lowest BCUT2D eigenvalue weighted by molar-refractivity contribution is 0.0457. The molecule has 0 spiro atoms. The number of likely N-dealkylation sites (tertiary alicyclic amines) is 1. The number of rotatable bonds is 3. The molecule has 1 heterocycles. The van der Waals surface area contributed by atoms with Gasteiger partial charge in [-0.05, 0) is 45.1 Å². The summed E-state index contributed by atoms with van der Waals surface area (Å²) in [6.45, 7) is 4.41. The summed E-state index contributed by atoms with van der Waals surface area (Å²) < 4.78 is 0. The molecule has 2 nitrogen and oxygen atoms in total. The number of hydrogen-bond donors (Lipinski definition) is 1. The zero-order chi connectivity index (χ0) is 10.7. The van der Waals surface area contributed by atoms with Gasteiger partial charge in [0.1, 0.15) is 0 Å². The summed E-state index contributed by atoms with van der Waals surface area (Å²) in [5.74, 6) is 0.589. The maximum Gasteiger partial charge on any atom is 0.0695 e. The third kappa shape index (κ3) is 2.94. The minimum absolute atomic E-state index is 0.0640. The van der Waals surface area contributed by atoms with Crippen LogP contribution in [0.15, 0.2) is 0 Å². The first-order chi connectivity index (χ1) is 7.27. The Bertz CT molecular complexity index is 189. The highest BCUT2D eigenvalue weighted by Gasteiger charge is 2.27. The molecule has 88 valence electrons. The molecule has 0 aromatic carbocycles. The average molecular weight is 211 g/mol. The van der Waals surface area contributed by atoms with Crippen LogP contribution in [0.25, 0.3) is 0 Å². The highest BCUT2D eigenvalue weighted by Crippen LogP contribution is 2.28. The number of nitrogens with zero attached hydrogens (tertiary/aromatic N) is 1. The lowest BCUT2D eigenvalue weighted by Crippen LogP contribution is -2.38. The van der Waals surface area contributed by atoms with Crippen LogP contribution >= 0.6 is 0 Å². The maximum absolute atomic E-state index is 10.2. The standard InChI is InChI=1S/C13H25NO/c1-11-6-5-9-14(11)10-13(15)12-7-3-2-4-8-12/h11-13,15H,2-10H2,1H3. The second-order valence-corrected chi connectivity index (χ2v) is 5.45. The fourth-order valence-electron chi connectivity index (χ4n) is 3.17. The smallest absolute Gasteiger partial charge is 0.0695 e. The topological polar surface area (TPSA) is 23.5 Å². The van der Waals surface area contributed by atoms with Crippen molar-refractivity contribution in [2.45, 2.75) is 64.0 Å². The van der Waals surface area contributed by atoms with Crippen LogP contribution in [0.5, 0.6) is 0 Å². The molecule has 0 radical (unpaired) electrons. The zero-order valence-electron chi connectivity index (χ0n) is 9.99. The van der Waals surface area contributed by atoms with Crippen molar-refractivity contribution in [1.29, 1.82) is 0 Å². The maximum atomic E-state index is 10.2. The van der Waals surface area contributed by atoms with Gasteiger partial charge in [-0.15, -0.1) is 0 Å². The van der Waals surface area contributed by atoms with Crippen molar-refractivity contribution in [1.82, 2.24) is 4.90 Å². The van der Waals surface area contributed by atoms with Crippen molar-refractivity contribution in [2.24, 2.45) is 5.92 Å². The normalized spacial score (nSPS) is 32.0. The van der Waals surface area contributed by atoms with E-state index in [1.165, 1.54) is 51.5 Å². The predicted molar refractivity (Wildman–Crippen MR) is 62.9 cm³/mol. The van der Waals surface area contributed by atoms with Crippen molar-refractivity contribution in [3.63, 3.8) is 0 Å². The molecule has 2 unspecified atom stereocenters. The summed E-state index contributed by atoms with van der Waals surface area (Å²) in [4.78, 5) is 2.47. The lowest BCUT2D eigenvalue weighted by Gasteiger charge is -2.31. The van der Waals surface area contributed by atoms with E-state index in [1.54, 1.807) is 0 Å². The molecular formula is C13H25NO. The minimum Gasteiger partial charge on any atom is -0.392 e. The summed E-state index contributed by atoms with van der Waals surface area (Å²) in [5.41, 5.74) is 0. The van der Waals surface area contributed by atoms with Gasteiger partial charge in [0.2, 0.25) is 0 Å². The van der Waals surface area contributed by atoms with Crippen molar-refractivity contribution in [3.8, 4) is 0 Å². The largest absolute Gasteiger partial charge is 0.392 e. The molecule has 15 heavy (non-hydrogen) atoms. The van der Waals surface area contributed by atoms with Gasteiger partial charge in [-0.25, -0.2) is 0 Å². The van der Waals surface area contributed by atoms with Crippen LogP contribution in [0.2, 0.25) is 0 Å². The van der Waals surface area contributed by atoms with Gasteiger partial charge in [0.05, 0.1) is 6.10 Å². The van der Waals surface area contributed by atoms with Gasteiger partial charge in [-0.1, -0.05) is 19.3 Å². The molecule has 2 atom stereocenters. The first-order valence-corrected chi connectivity index (χ1v) is 6.69. The summed E-state index contributed by atoms with van der Waals surface area (Å²) >= 11 is 0. The highest BCUT2D eigenvalue weighted by atomic mass is 16.3. The molecule has 0 aromatic rings. The molecule has 1 aliphatic heterocycles. The van der Waals surface area contributed by atoms with Crippen molar-refractivity contribution in [3.05, 3.63) is 0 Å². The molecule has 0 aromatic heterocycles. The average Bonchev–Trinajstić information content (AvgIpc) is 2.66. The van der Waals surface area contributed by atoms with Gasteiger partial charge < -0.3 is 5.11 Å². The zero-order valence-corrected chi connectivity index (χ0v) is 9.99. The van der Waals surface area contributed by atoms with Crippen LogP contribution in [0.3, 0.4) is 0 Å². The van der Waals surface area contributed by atoms with Gasteiger partial charge in [0.15, 0.2) is 0 Å². The Labute approximate surface area is 93.7 Å². The fourth-order valence-corrected chi connectivity index (χ4v) is 3.17. The lowest BCUT2D eigenvalue weighted by atomic mass is 9.85. The van der Waals surface area contributed by atoms with Gasteiger partial charge in [0.25, 0.3) is 0 Å². The molecule has 2 heteroatoms. The summed E-state index contributed by atoms with van der Waals surface area (Å²) in [5, 5.41) is 10.2. The Morgan fingerprint density at radius 2 is 1.87 bits per heavy atom. The van der Waals surface area contributed by atoms with Gasteiger partial charge in [-0.3, -0.25) is 4.90 Å². The Morgan fingerprint density at radius 3 is 2.47 bits per heavy atom. The van der Waals surface area contributed by atoms with E-state index in [0.717, 1.165) is 6.54 Å². The van der Waals surface area contributed by atoms with E-state index in [1.807, 2.05) is 0 Å². The Hall–Kier alpha value is -0.0800. The minimum atomic E-state index is -0.0640. The van der Waals surface area contributed by atoms with Crippen LogP contribution < -0.4 is 0 Å². The van der Waals surface area contributed by atoms with Crippen molar-refractivity contribution in [2.75, 3.05) is 13.1 Å². The Balaban J connectivity index is 1.77. The van der Waals surface area contributed by atoms with Crippen LogP contribution in [0.1, 0.15) is 51.9 Å². The molecule has 1 N–H and O–H groups in total. The third-order valence-corrected chi connectivity index (χ3v) is 4.31. The number of aliphatic hydroxyl groups is 1. The van der Waals surface area contributed by atoms with Crippen molar-refractivity contribution < 1.29 is 5.11 Å². The molecule has 2 fully saturated rings. The van der Waals surface area contributed by atoms with Crippen LogP contribution in [-0.4, -0.2) is 35.2 Å². The number of aliphatic hydroxyl groups excluding tert-OH is 1. The van der Waals surface area contributed by atoms with Crippen molar-refractivity contribution >= 4 is 0 Å². The molecule has 1 saturated heterocycles. The van der Waals surface area contributed by atoms with E-state index in [0.29, 0.717) is 12.0 Å². The quantitative estimate of drug-likeness (QED) is 0.775. The van der Waals surface area contributed by atoms with Crippen LogP contribution in [-0.2, 0) is 0 Å². The van der Waals surface area contributed by atoms with Crippen LogP contribution in [0, 0.1) is 5.92 Å². The highest BCUT2D eigenvalue weighted by molar-refractivity contribution is 4.81. The monoisotopic (exact) mass is 211 g/mol. The second-order valence-electron chi connectivity index (χ2n) is 5.45. The van der Waals surface area contributed by atoms with Crippen LogP contribution in [0.4, 0.5) is 0 Å². The molecule has 1 aliphatic carbocycles. The second kappa shape index (κ2) is 5.31. The van der Waals surface area contributed by atoms with Gasteiger partial charge in [0, 0.05) is 12.6 Å². The first-order valence-electron chi connectivity index (χ1n) is 6.69. The molecule has 0 bridgehead atoms. The van der Waals surface area contributed by atoms with E-state index in [4.69, 9.17) is 0 Å². The SMILES string of the molecule is CC1CCCN1CC(O)C1CCCCC1. The fraction of sp³-hybridized carbons (Fsp3) is 1.00. The summed E-state index contributed by atoms with van der Waals surface area (Å²) in [6, 6.07) is 0.697. The van der Waals surface area contributed by atoms with Gasteiger partial charge in [-0.2, -0.15) is 0 Å². The number of hydrogen-bond acceptors (Lipinski definition) is 2. The molecular weight excluding hydrogens is 186 g/mol. The first kappa shape index (κ1) is 11.4. The van der Waals surface area contributed by atoms with E-state index < -0.39 is 0 Å². The Kier molecular flexibility index (Phi) is 4.04. The number of β-amino-alcohol motifs (C(OH)–C–C–N with tert-alkyl or cyclic N) is 1. The van der Waals surface area contributed by atoms with E-state index in [-0.39, 0.29) is 6.10 Å². The van der Waals surface area contributed by atoms with E-state index in [2.05, 4.69) is 11.8 Å². The third-order valence-electron chi connectivity index (χ3n) is 4.31. The van der Waals surface area contributed by atoms with Gasteiger partial charge >= 0.3 is 0 Å². The molecule has 2 rings (SSSR count). The summed E-state index contributed by atoms with van der Waals surface area (Å²) in [7, 11) is 0. The van der Waals surface area contributed by atoms with E-state index >= 15 is 0 Å². The molecule has 1 saturated carbocycles. The Morgan fingerprint density at radius 1 is 1.13 bits per heavy atom. The predicted octanol–water partition coefficient (Wildman–Crippen LogP) is 2.41. The molecule has 0 amide bonds. The molecule has 2 aliphatic rings.